The Morgan fingerprint density at radius 2 is 1.05 bits per heavy atom. The van der Waals surface area contributed by atoms with Crippen LogP contribution in [0.25, 0.3) is 11.4 Å². The molecule has 0 atom stereocenters. The molecule has 6 aromatic rings. The van der Waals surface area contributed by atoms with E-state index in [4.69, 9.17) is 11.6 Å². The molecular formula is C44H45ClF2N8O2. The molecule has 0 unspecified atom stereocenters. The summed E-state index contributed by atoms with van der Waals surface area (Å²) in [6, 6.07) is 31.8. The van der Waals surface area contributed by atoms with E-state index in [1.54, 1.807) is 45.8 Å². The third kappa shape index (κ3) is 9.02. The first-order chi connectivity index (χ1) is 27.6. The van der Waals surface area contributed by atoms with E-state index < -0.39 is 0 Å². The molecule has 2 aliphatic heterocycles. The third-order valence-corrected chi connectivity index (χ3v) is 10.5. The highest BCUT2D eigenvalue weighted by Gasteiger charge is 2.28. The van der Waals surface area contributed by atoms with Crippen LogP contribution in [0.4, 0.5) is 20.2 Å². The maximum absolute atomic E-state index is 13.3. The molecule has 2 aliphatic rings. The van der Waals surface area contributed by atoms with Gasteiger partial charge in [0.2, 0.25) is 0 Å². The number of nitrogens with zero attached hydrogens (tertiary/aromatic N) is 8. The molecule has 4 heterocycles. The van der Waals surface area contributed by atoms with Crippen LogP contribution in [0.15, 0.2) is 109 Å². The zero-order valence-electron chi connectivity index (χ0n) is 32.3. The zero-order chi connectivity index (χ0) is 40.1. The summed E-state index contributed by atoms with van der Waals surface area (Å²) in [4.78, 5) is 34.6. The summed E-state index contributed by atoms with van der Waals surface area (Å²) in [6.07, 6.45) is 0.992. The van der Waals surface area contributed by atoms with Crippen molar-refractivity contribution >= 4 is 34.8 Å². The number of carbonyl (C=O) groups excluding carboxylic acids is 2. The molecule has 0 bridgehead atoms. The van der Waals surface area contributed by atoms with E-state index in [0.29, 0.717) is 54.0 Å². The van der Waals surface area contributed by atoms with Crippen molar-refractivity contribution in [1.82, 2.24) is 29.4 Å². The van der Waals surface area contributed by atoms with Gasteiger partial charge in [-0.1, -0.05) is 42.8 Å². The van der Waals surface area contributed by atoms with E-state index in [9.17, 15) is 18.4 Å². The number of carbonyl (C=O) groups is 2. The van der Waals surface area contributed by atoms with Crippen molar-refractivity contribution in [3.8, 4) is 11.4 Å². The SMILES string of the molecule is CCc1ccccc1N1CCN(C(=O)c2cc(C)nn2-c2ccc(F)cc2)CC1.Cc1cc(C(=O)N2CCN(c3cccc(Cl)c3)CC2)n(-c2ccc(F)cc2)n1. The average molecular weight is 791 g/mol. The molecule has 4 aromatic carbocycles. The van der Waals surface area contributed by atoms with Crippen molar-refractivity contribution < 1.29 is 18.4 Å². The number of benzene rings is 4. The number of amides is 2. The van der Waals surface area contributed by atoms with Crippen LogP contribution in [-0.4, -0.2) is 93.5 Å². The van der Waals surface area contributed by atoms with Gasteiger partial charge in [0, 0.05) is 68.8 Å². The second-order valence-electron chi connectivity index (χ2n) is 14.1. The molecule has 0 spiro atoms. The normalized spacial score (nSPS) is 14.4. The average Bonchev–Trinajstić information content (AvgIpc) is 3.83. The molecule has 2 fully saturated rings. The summed E-state index contributed by atoms with van der Waals surface area (Å²) < 4.78 is 29.7. The molecule has 2 saturated heterocycles. The van der Waals surface area contributed by atoms with E-state index in [1.807, 2.05) is 47.9 Å². The van der Waals surface area contributed by atoms with Crippen LogP contribution in [-0.2, 0) is 6.42 Å². The summed E-state index contributed by atoms with van der Waals surface area (Å²) in [5.74, 6) is -0.749. The Bertz CT molecular complexity index is 2330. The van der Waals surface area contributed by atoms with E-state index >= 15 is 0 Å². The van der Waals surface area contributed by atoms with Gasteiger partial charge in [0.15, 0.2) is 0 Å². The summed E-state index contributed by atoms with van der Waals surface area (Å²) in [5, 5.41) is 9.57. The Balaban J connectivity index is 0.000000174. The summed E-state index contributed by atoms with van der Waals surface area (Å²) >= 11 is 6.09. The highest BCUT2D eigenvalue weighted by molar-refractivity contribution is 6.30. The van der Waals surface area contributed by atoms with Gasteiger partial charge in [-0.05, 0) is 111 Å². The van der Waals surface area contributed by atoms with Crippen molar-refractivity contribution in [3.63, 3.8) is 0 Å². The number of hydrogen-bond acceptors (Lipinski definition) is 6. The molecule has 0 aliphatic carbocycles. The lowest BCUT2D eigenvalue weighted by atomic mass is 10.1. The second kappa shape index (κ2) is 17.4. The molecule has 13 heteroatoms. The quantitative estimate of drug-likeness (QED) is 0.164. The number of hydrogen-bond donors (Lipinski definition) is 0. The first-order valence-corrected chi connectivity index (χ1v) is 19.5. The molecular weight excluding hydrogens is 746 g/mol. The number of anilines is 2. The fourth-order valence-electron chi connectivity index (χ4n) is 7.30. The van der Waals surface area contributed by atoms with E-state index in [-0.39, 0.29) is 23.4 Å². The largest absolute Gasteiger partial charge is 0.368 e. The van der Waals surface area contributed by atoms with Gasteiger partial charge in [-0.15, -0.1) is 0 Å². The van der Waals surface area contributed by atoms with Gasteiger partial charge in [-0.25, -0.2) is 18.1 Å². The minimum absolute atomic E-state index is 0.0432. The third-order valence-electron chi connectivity index (χ3n) is 10.3. The fraction of sp³-hybridized carbons (Fsp3) is 0.273. The predicted molar refractivity (Wildman–Crippen MR) is 220 cm³/mol. The second-order valence-corrected chi connectivity index (χ2v) is 14.6. The highest BCUT2D eigenvalue weighted by Crippen LogP contribution is 2.25. The zero-order valence-corrected chi connectivity index (χ0v) is 33.0. The van der Waals surface area contributed by atoms with Gasteiger partial charge in [0.05, 0.1) is 22.8 Å². The van der Waals surface area contributed by atoms with Crippen LogP contribution in [0.1, 0.15) is 44.9 Å². The number of piperazine rings is 2. The first-order valence-electron chi connectivity index (χ1n) is 19.1. The van der Waals surface area contributed by atoms with Crippen LogP contribution >= 0.6 is 11.6 Å². The van der Waals surface area contributed by atoms with Crippen molar-refractivity contribution in [3.05, 3.63) is 154 Å². The number of para-hydroxylation sites is 1. The molecule has 8 rings (SSSR count). The topological polar surface area (TPSA) is 82.7 Å². The smallest absolute Gasteiger partial charge is 0.272 e. The first kappa shape index (κ1) is 39.2. The van der Waals surface area contributed by atoms with Crippen molar-refractivity contribution in [2.24, 2.45) is 0 Å². The van der Waals surface area contributed by atoms with Crippen molar-refractivity contribution in [1.29, 1.82) is 0 Å². The molecule has 57 heavy (non-hydrogen) atoms. The van der Waals surface area contributed by atoms with Crippen LogP contribution in [0.2, 0.25) is 5.02 Å². The van der Waals surface area contributed by atoms with E-state index in [0.717, 1.165) is 49.7 Å². The van der Waals surface area contributed by atoms with E-state index in [2.05, 4.69) is 51.2 Å². The van der Waals surface area contributed by atoms with Gasteiger partial charge in [-0.2, -0.15) is 10.2 Å². The van der Waals surface area contributed by atoms with Gasteiger partial charge in [-0.3, -0.25) is 9.59 Å². The Kier molecular flexibility index (Phi) is 12.0. The number of aryl methyl sites for hydroxylation is 3. The molecule has 2 amide bonds. The fourth-order valence-corrected chi connectivity index (χ4v) is 7.48. The molecule has 294 valence electrons. The predicted octanol–water partition coefficient (Wildman–Crippen LogP) is 7.78. The number of halogens is 3. The lowest BCUT2D eigenvalue weighted by molar-refractivity contribution is 0.0730. The minimum atomic E-state index is -0.322. The maximum Gasteiger partial charge on any atom is 0.272 e. The molecule has 0 radical (unpaired) electrons. The molecule has 2 aromatic heterocycles. The summed E-state index contributed by atoms with van der Waals surface area (Å²) in [6.45, 7) is 11.5. The molecule has 10 nitrogen and oxygen atoms in total. The standard InChI is InChI=1S/C23H25FN4O.C21H20ClFN4O/c1-3-18-6-4-5-7-21(18)26-12-14-27(15-13-26)23(29)22-16-17(2)25-28(22)20-10-8-19(24)9-11-20;1-15-13-20(27(24-15)18-7-5-17(23)6-8-18)21(28)26-11-9-25(10-12-26)19-4-2-3-16(22)14-19/h4-11,16H,3,12-15H2,1-2H3;2-8,13-14H,9-12H2,1H3. The Morgan fingerprint density at radius 1 is 0.579 bits per heavy atom. The Hall–Kier alpha value is -6.01. The van der Waals surface area contributed by atoms with Gasteiger partial charge >= 0.3 is 0 Å². The Morgan fingerprint density at radius 3 is 1.53 bits per heavy atom. The monoisotopic (exact) mass is 790 g/mol. The maximum atomic E-state index is 13.3. The van der Waals surface area contributed by atoms with Crippen LogP contribution in [0, 0.1) is 25.5 Å². The van der Waals surface area contributed by atoms with Gasteiger partial charge in [0.1, 0.15) is 23.0 Å². The summed E-state index contributed by atoms with van der Waals surface area (Å²) in [7, 11) is 0. The van der Waals surface area contributed by atoms with Crippen molar-refractivity contribution in [2.45, 2.75) is 27.2 Å². The van der Waals surface area contributed by atoms with Crippen molar-refractivity contribution in [2.75, 3.05) is 62.2 Å². The van der Waals surface area contributed by atoms with E-state index in [1.165, 1.54) is 35.5 Å². The molecule has 0 N–H and O–H groups in total. The van der Waals surface area contributed by atoms with Crippen LogP contribution in [0.5, 0.6) is 0 Å². The molecule has 0 saturated carbocycles. The number of aromatic nitrogens is 4. The lowest BCUT2D eigenvalue weighted by Gasteiger charge is -2.37. The number of rotatable bonds is 7. The Labute approximate surface area is 336 Å². The minimum Gasteiger partial charge on any atom is -0.368 e. The lowest BCUT2D eigenvalue weighted by Crippen LogP contribution is -2.49. The summed E-state index contributed by atoms with van der Waals surface area (Å²) in [5.41, 5.74) is 7.49. The van der Waals surface area contributed by atoms with Gasteiger partial charge < -0.3 is 19.6 Å². The van der Waals surface area contributed by atoms with Crippen LogP contribution < -0.4 is 9.80 Å². The van der Waals surface area contributed by atoms with Gasteiger partial charge in [0.25, 0.3) is 11.8 Å². The van der Waals surface area contributed by atoms with Crippen LogP contribution in [0.3, 0.4) is 0 Å². The highest BCUT2D eigenvalue weighted by atomic mass is 35.5.